The molecule has 0 aromatic heterocycles. The van der Waals surface area contributed by atoms with E-state index in [9.17, 15) is 25.4 Å². The summed E-state index contributed by atoms with van der Waals surface area (Å²) in [7, 11) is 0. The molecule has 0 aliphatic heterocycles. The van der Waals surface area contributed by atoms with Gasteiger partial charge >= 0.3 is 0 Å². The topological polar surface area (TPSA) is 104 Å². The minimum atomic E-state index is -0.795. The molecule has 3 N–H and O–H groups in total. The van der Waals surface area contributed by atoms with E-state index in [4.69, 9.17) is 0 Å². The zero-order chi connectivity index (χ0) is 22.4. The first-order valence-corrected chi connectivity index (χ1v) is 9.94. The number of hydrogen-bond donors (Lipinski definition) is 3. The van der Waals surface area contributed by atoms with Gasteiger partial charge in [0.25, 0.3) is 5.69 Å². The number of aliphatic hydroxyl groups is 2. The maximum Gasteiger partial charge on any atom is 0.269 e. The molecule has 0 heterocycles. The van der Waals surface area contributed by atoms with Crippen molar-refractivity contribution < 1.29 is 20.2 Å². The molecule has 6 nitrogen and oxygen atoms in total. The van der Waals surface area contributed by atoms with E-state index < -0.39 is 17.1 Å². The summed E-state index contributed by atoms with van der Waals surface area (Å²) in [5.74, 6) is 0.382. The highest BCUT2D eigenvalue weighted by atomic mass is 16.6. The van der Waals surface area contributed by atoms with Crippen molar-refractivity contribution in [3.8, 4) is 5.75 Å². The monoisotopic (exact) mass is 411 g/mol. The Morgan fingerprint density at radius 2 is 1.63 bits per heavy atom. The normalized spacial score (nSPS) is 12.9. The molecule has 0 bridgehead atoms. The van der Waals surface area contributed by atoms with E-state index in [2.05, 4.69) is 5.73 Å². The van der Waals surface area contributed by atoms with Gasteiger partial charge in [0.15, 0.2) is 0 Å². The molecule has 6 heteroatoms. The Hall–Kier alpha value is -2.92. The first kappa shape index (κ1) is 23.4. The van der Waals surface area contributed by atoms with Gasteiger partial charge in [0.2, 0.25) is 0 Å². The van der Waals surface area contributed by atoms with Crippen LogP contribution in [0, 0.1) is 29.9 Å². The van der Waals surface area contributed by atoms with Gasteiger partial charge in [0.05, 0.1) is 17.1 Å². The van der Waals surface area contributed by atoms with Crippen LogP contribution in [0.5, 0.6) is 5.75 Å². The smallest absolute Gasteiger partial charge is 0.269 e. The number of hydrogen-bond acceptors (Lipinski definition) is 5. The molecular formula is C24H29NO5. The molecule has 0 aliphatic rings. The first-order valence-electron chi connectivity index (χ1n) is 9.94. The van der Waals surface area contributed by atoms with Crippen molar-refractivity contribution in [3.05, 3.63) is 86.1 Å². The summed E-state index contributed by atoms with van der Waals surface area (Å²) in [5.41, 5.74) is 6.87. The number of phenols is 1. The van der Waals surface area contributed by atoms with Crippen LogP contribution in [-0.4, -0.2) is 20.2 Å². The molecule has 0 unspecified atom stereocenters. The number of benzene rings is 2. The third-order valence-electron chi connectivity index (χ3n) is 5.13. The Morgan fingerprint density at radius 3 is 2.13 bits per heavy atom. The molecule has 0 radical (unpaired) electrons. The van der Waals surface area contributed by atoms with Gasteiger partial charge in [-0.05, 0) is 77.9 Å². The van der Waals surface area contributed by atoms with Crippen molar-refractivity contribution in [2.45, 2.75) is 52.7 Å². The number of aromatic hydroxyl groups is 1. The van der Waals surface area contributed by atoms with Crippen molar-refractivity contribution in [3.63, 3.8) is 0 Å². The Morgan fingerprint density at radius 1 is 1.07 bits per heavy atom. The Labute approximate surface area is 177 Å². The van der Waals surface area contributed by atoms with Gasteiger partial charge in [-0.25, -0.2) is 0 Å². The number of nitro groups is 1. The van der Waals surface area contributed by atoms with Crippen LogP contribution in [0.3, 0.4) is 0 Å². The van der Waals surface area contributed by atoms with Gasteiger partial charge in [-0.2, -0.15) is 0 Å². The molecule has 2 atom stereocenters. The number of rotatable bonds is 8. The highest BCUT2D eigenvalue weighted by Gasteiger charge is 2.15. The molecule has 0 aliphatic carbocycles. The molecule has 0 amide bonds. The fourth-order valence-electron chi connectivity index (χ4n) is 3.23. The quantitative estimate of drug-likeness (QED) is 0.315. The first-order chi connectivity index (χ1) is 14.1. The molecule has 30 heavy (non-hydrogen) atoms. The predicted molar refractivity (Wildman–Crippen MR) is 116 cm³/mol. The third-order valence-corrected chi connectivity index (χ3v) is 5.13. The number of aliphatic hydroxyl groups excluding tert-OH is 2. The zero-order valence-corrected chi connectivity index (χ0v) is 17.8. The number of aryl methyl sites for hydroxylation is 2. The highest BCUT2D eigenvalue weighted by Crippen LogP contribution is 2.29. The van der Waals surface area contributed by atoms with E-state index in [1.54, 1.807) is 44.2 Å². The van der Waals surface area contributed by atoms with Crippen LogP contribution in [0.1, 0.15) is 61.2 Å². The number of nitro benzene ring substituents is 1. The van der Waals surface area contributed by atoms with Crippen molar-refractivity contribution in [2.24, 2.45) is 5.92 Å². The maximum absolute atomic E-state index is 10.8. The molecule has 0 saturated heterocycles. The molecular weight excluding hydrogens is 382 g/mol. The molecule has 0 spiro atoms. The van der Waals surface area contributed by atoms with Crippen LogP contribution in [0.25, 0.3) is 0 Å². The summed E-state index contributed by atoms with van der Waals surface area (Å²) < 4.78 is 0. The minimum absolute atomic E-state index is 0.0147. The van der Waals surface area contributed by atoms with Crippen LogP contribution in [-0.2, 0) is 0 Å². The van der Waals surface area contributed by atoms with Crippen LogP contribution in [0.4, 0.5) is 5.69 Å². The van der Waals surface area contributed by atoms with Crippen molar-refractivity contribution in [1.29, 1.82) is 0 Å². The van der Waals surface area contributed by atoms with Gasteiger partial charge in [0, 0.05) is 25.0 Å². The van der Waals surface area contributed by atoms with Gasteiger partial charge in [0.1, 0.15) is 5.75 Å². The summed E-state index contributed by atoms with van der Waals surface area (Å²) >= 11 is 0. The van der Waals surface area contributed by atoms with Crippen molar-refractivity contribution >= 4 is 5.69 Å². The largest absolute Gasteiger partial charge is 0.507 e. The summed E-state index contributed by atoms with van der Waals surface area (Å²) in [6.45, 7) is 7.60. The molecule has 2 aromatic rings. The molecule has 160 valence electrons. The fraction of sp³-hybridized carbons (Fsp3) is 0.375. The van der Waals surface area contributed by atoms with E-state index in [0.29, 0.717) is 18.4 Å². The van der Waals surface area contributed by atoms with Crippen molar-refractivity contribution in [2.75, 3.05) is 0 Å². The Balaban J connectivity index is 2.12. The molecule has 0 fully saturated rings. The van der Waals surface area contributed by atoms with Crippen LogP contribution < -0.4 is 0 Å². The second-order valence-electron chi connectivity index (χ2n) is 7.85. The van der Waals surface area contributed by atoms with Gasteiger partial charge in [-0.3, -0.25) is 10.1 Å². The summed E-state index contributed by atoms with van der Waals surface area (Å²) in [6, 6.07) is 9.42. The third kappa shape index (κ3) is 6.04. The standard InChI is InChI=1S/C24H29NO5/c1-15(2)19(14-23(27)18-8-10-21(11-9-18)25(29)30)6-5-7-22(26)20-12-16(3)24(28)17(4)13-20/h5,8-13,15,22-23,26-28H,7,14H2,1-4H3/t6?,22-,23-/m1/s1. The number of phenolic OH excluding ortho intramolecular Hbond substituents is 1. The predicted octanol–water partition coefficient (Wildman–Crippen LogP) is 5.20. The highest BCUT2D eigenvalue weighted by molar-refractivity contribution is 5.43. The summed E-state index contributed by atoms with van der Waals surface area (Å²) in [4.78, 5) is 10.3. The van der Waals surface area contributed by atoms with Crippen LogP contribution in [0.2, 0.25) is 0 Å². The lowest BCUT2D eigenvalue weighted by Gasteiger charge is -2.15. The fourth-order valence-corrected chi connectivity index (χ4v) is 3.23. The Kier molecular flexibility index (Phi) is 7.95. The maximum atomic E-state index is 10.8. The summed E-state index contributed by atoms with van der Waals surface area (Å²) in [6.07, 6.45) is 0.951. The lowest BCUT2D eigenvalue weighted by molar-refractivity contribution is -0.384. The minimum Gasteiger partial charge on any atom is -0.507 e. The second kappa shape index (κ2) is 10.2. The second-order valence-corrected chi connectivity index (χ2v) is 7.85. The van der Waals surface area contributed by atoms with Crippen molar-refractivity contribution in [1.82, 2.24) is 0 Å². The number of non-ortho nitro benzene ring substituents is 1. The summed E-state index contributed by atoms with van der Waals surface area (Å²) in [5, 5.41) is 41.7. The number of nitrogens with zero attached hydrogens (tertiary/aromatic N) is 1. The SMILES string of the molecule is Cc1cc([C@H](O)CC=C=C(C[C@@H](O)c2ccc([N+](=O)[O-])cc2)C(C)C)cc(C)c1O. The Bertz CT molecular complexity index is 933. The van der Waals surface area contributed by atoms with Gasteiger partial charge in [-0.1, -0.05) is 13.8 Å². The average Bonchev–Trinajstić information content (AvgIpc) is 2.70. The van der Waals surface area contributed by atoms with Crippen LogP contribution >= 0.6 is 0 Å². The molecule has 2 rings (SSSR count). The van der Waals surface area contributed by atoms with E-state index in [-0.39, 0.29) is 17.4 Å². The molecule has 0 saturated carbocycles. The van der Waals surface area contributed by atoms with E-state index >= 15 is 0 Å². The lowest BCUT2D eigenvalue weighted by Crippen LogP contribution is -2.03. The van der Waals surface area contributed by atoms with E-state index in [1.165, 1.54) is 12.1 Å². The zero-order valence-electron chi connectivity index (χ0n) is 17.8. The van der Waals surface area contributed by atoms with E-state index in [0.717, 1.165) is 22.3 Å². The van der Waals surface area contributed by atoms with Gasteiger partial charge in [-0.15, -0.1) is 5.73 Å². The van der Waals surface area contributed by atoms with Crippen LogP contribution in [0.15, 0.2) is 53.8 Å². The van der Waals surface area contributed by atoms with Gasteiger partial charge < -0.3 is 15.3 Å². The molecule has 2 aromatic carbocycles. The lowest BCUT2D eigenvalue weighted by atomic mass is 9.94. The average molecular weight is 411 g/mol. The van der Waals surface area contributed by atoms with E-state index in [1.807, 2.05) is 13.8 Å².